The van der Waals surface area contributed by atoms with Gasteiger partial charge in [0, 0.05) is 35.6 Å². The van der Waals surface area contributed by atoms with Crippen molar-refractivity contribution in [1.82, 2.24) is 0 Å². The van der Waals surface area contributed by atoms with Gasteiger partial charge in [0.1, 0.15) is 11.5 Å². The van der Waals surface area contributed by atoms with Crippen LogP contribution in [0.15, 0.2) is 84.9 Å². The molecule has 4 aromatic rings. The van der Waals surface area contributed by atoms with Crippen LogP contribution in [0.5, 0.6) is 11.5 Å². The van der Waals surface area contributed by atoms with Crippen molar-refractivity contribution < 1.29 is 9.47 Å². The number of fused-ring (bicyclic) bond motifs is 2. The van der Waals surface area contributed by atoms with E-state index in [2.05, 4.69) is 109 Å². The van der Waals surface area contributed by atoms with Crippen LogP contribution in [0.3, 0.4) is 0 Å². The second-order valence-corrected chi connectivity index (χ2v) is 11.8. The van der Waals surface area contributed by atoms with Crippen LogP contribution >= 0.6 is 0 Å². The van der Waals surface area contributed by atoms with Gasteiger partial charge < -0.3 is 19.3 Å². The SMILES string of the molecule is Cc1cc(C2CCC(c3cc(C)c4c(c3)CN(c3ccccc3)CO4)CC2)cc2c1OCN(c1ccccc1)C2. The van der Waals surface area contributed by atoms with Gasteiger partial charge in [-0.15, -0.1) is 0 Å². The highest BCUT2D eigenvalue weighted by molar-refractivity contribution is 5.54. The number of hydrogen-bond acceptors (Lipinski definition) is 4. The Morgan fingerprint density at radius 1 is 0.550 bits per heavy atom. The molecule has 2 heterocycles. The summed E-state index contributed by atoms with van der Waals surface area (Å²) in [7, 11) is 0. The van der Waals surface area contributed by atoms with Crippen LogP contribution in [0.2, 0.25) is 0 Å². The largest absolute Gasteiger partial charge is 0.472 e. The van der Waals surface area contributed by atoms with Crippen molar-refractivity contribution >= 4 is 11.4 Å². The molecular weight excluding hydrogens is 492 g/mol. The molecule has 0 spiro atoms. The fraction of sp³-hybridized carbons (Fsp3) is 0.333. The van der Waals surface area contributed by atoms with Gasteiger partial charge in [-0.2, -0.15) is 0 Å². The van der Waals surface area contributed by atoms with Gasteiger partial charge in [0.15, 0.2) is 13.5 Å². The van der Waals surface area contributed by atoms with Crippen molar-refractivity contribution in [1.29, 1.82) is 0 Å². The van der Waals surface area contributed by atoms with E-state index in [9.17, 15) is 0 Å². The summed E-state index contributed by atoms with van der Waals surface area (Å²) in [4.78, 5) is 4.65. The summed E-state index contributed by atoms with van der Waals surface area (Å²) >= 11 is 0. The van der Waals surface area contributed by atoms with E-state index in [0.29, 0.717) is 25.3 Å². The van der Waals surface area contributed by atoms with Gasteiger partial charge in [0.25, 0.3) is 0 Å². The summed E-state index contributed by atoms with van der Waals surface area (Å²) in [5.74, 6) is 3.40. The van der Waals surface area contributed by atoms with Crippen LogP contribution in [0.1, 0.15) is 70.9 Å². The lowest BCUT2D eigenvalue weighted by Gasteiger charge is -2.35. The molecule has 0 bridgehead atoms. The summed E-state index contributed by atoms with van der Waals surface area (Å²) < 4.78 is 12.5. The maximum absolute atomic E-state index is 6.24. The number of ether oxygens (including phenoxy) is 2. The van der Waals surface area contributed by atoms with Gasteiger partial charge in [0.2, 0.25) is 0 Å². The average molecular weight is 531 g/mol. The number of benzene rings is 4. The molecule has 2 aliphatic heterocycles. The summed E-state index contributed by atoms with van der Waals surface area (Å²) in [5, 5.41) is 0. The Morgan fingerprint density at radius 2 is 0.950 bits per heavy atom. The molecule has 1 saturated carbocycles. The standard InChI is InChI=1S/C36H38N2O2/c1-25-17-29(19-31-21-37(23-39-35(25)31)33-9-5-3-6-10-33)27-13-15-28(16-14-27)30-18-26(2)36-32(20-30)22-38(24-40-36)34-11-7-4-8-12-34/h3-12,17-20,27-28H,13-16,21-24H2,1-2H3. The lowest BCUT2D eigenvalue weighted by molar-refractivity contribution is 0.286. The molecule has 1 fully saturated rings. The van der Waals surface area contributed by atoms with Crippen LogP contribution in [0, 0.1) is 13.8 Å². The third kappa shape index (κ3) is 4.81. The minimum absolute atomic E-state index is 0.608. The van der Waals surface area contributed by atoms with Crippen LogP contribution < -0.4 is 19.3 Å². The number of nitrogens with zero attached hydrogens (tertiary/aromatic N) is 2. The molecule has 0 radical (unpaired) electrons. The molecule has 204 valence electrons. The quantitative estimate of drug-likeness (QED) is 0.264. The maximum atomic E-state index is 6.24. The molecular formula is C36H38N2O2. The van der Waals surface area contributed by atoms with Crippen molar-refractivity contribution in [3.63, 3.8) is 0 Å². The van der Waals surface area contributed by atoms with Crippen molar-refractivity contribution in [2.24, 2.45) is 0 Å². The predicted octanol–water partition coefficient (Wildman–Crippen LogP) is 8.46. The molecule has 0 aromatic heterocycles. The number of rotatable bonds is 4. The zero-order valence-corrected chi connectivity index (χ0v) is 23.6. The van der Waals surface area contributed by atoms with Gasteiger partial charge >= 0.3 is 0 Å². The van der Waals surface area contributed by atoms with Crippen LogP contribution in [0.25, 0.3) is 0 Å². The Kier molecular flexibility index (Phi) is 6.63. The molecule has 4 heteroatoms. The lowest BCUT2D eigenvalue weighted by atomic mass is 9.75. The van der Waals surface area contributed by atoms with E-state index in [0.717, 1.165) is 24.6 Å². The van der Waals surface area contributed by atoms with Crippen molar-refractivity contribution in [3.05, 3.63) is 118 Å². The third-order valence-corrected chi connectivity index (χ3v) is 9.11. The first kappa shape index (κ1) is 25.1. The molecule has 0 unspecified atom stereocenters. The Labute approximate surface area is 238 Å². The zero-order valence-electron chi connectivity index (χ0n) is 23.6. The third-order valence-electron chi connectivity index (χ3n) is 9.11. The van der Waals surface area contributed by atoms with Crippen molar-refractivity contribution in [2.75, 3.05) is 23.3 Å². The molecule has 0 amide bonds. The first-order chi connectivity index (χ1) is 19.6. The van der Waals surface area contributed by atoms with E-state index in [-0.39, 0.29) is 0 Å². The van der Waals surface area contributed by atoms with E-state index < -0.39 is 0 Å². The normalized spacial score (nSPS) is 20.2. The molecule has 0 atom stereocenters. The van der Waals surface area contributed by atoms with Crippen molar-refractivity contribution in [2.45, 2.75) is 64.5 Å². The second-order valence-electron chi connectivity index (χ2n) is 11.8. The Morgan fingerprint density at radius 3 is 1.35 bits per heavy atom. The first-order valence-electron chi connectivity index (χ1n) is 14.7. The zero-order chi connectivity index (χ0) is 27.1. The Hall–Kier alpha value is -3.92. The smallest absolute Gasteiger partial charge is 0.161 e. The number of para-hydroxylation sites is 2. The molecule has 7 rings (SSSR count). The molecule has 4 aromatic carbocycles. The second kappa shape index (κ2) is 10.6. The Bertz CT molecular complexity index is 1380. The minimum atomic E-state index is 0.608. The van der Waals surface area contributed by atoms with E-state index in [1.165, 1.54) is 70.4 Å². The highest BCUT2D eigenvalue weighted by atomic mass is 16.5. The van der Waals surface area contributed by atoms with E-state index in [1.807, 2.05) is 0 Å². The monoisotopic (exact) mass is 530 g/mol. The lowest BCUT2D eigenvalue weighted by Crippen LogP contribution is -2.32. The molecule has 40 heavy (non-hydrogen) atoms. The summed E-state index contributed by atoms with van der Waals surface area (Å²) in [6.45, 7) is 7.44. The fourth-order valence-corrected chi connectivity index (χ4v) is 7.03. The summed E-state index contributed by atoms with van der Waals surface area (Å²) in [6, 6.07) is 30.8. The maximum Gasteiger partial charge on any atom is 0.161 e. The van der Waals surface area contributed by atoms with Crippen molar-refractivity contribution in [3.8, 4) is 11.5 Å². The average Bonchev–Trinajstić information content (AvgIpc) is 3.01. The number of anilines is 2. The van der Waals surface area contributed by atoms with E-state index >= 15 is 0 Å². The fourth-order valence-electron chi connectivity index (χ4n) is 7.03. The topological polar surface area (TPSA) is 24.9 Å². The Balaban J connectivity index is 1.06. The van der Waals surface area contributed by atoms with Gasteiger partial charge in [-0.25, -0.2) is 0 Å². The van der Waals surface area contributed by atoms with Crippen LogP contribution in [-0.4, -0.2) is 13.5 Å². The van der Waals surface area contributed by atoms with E-state index in [1.54, 1.807) is 0 Å². The predicted molar refractivity (Wildman–Crippen MR) is 163 cm³/mol. The highest BCUT2D eigenvalue weighted by Gasteiger charge is 2.28. The van der Waals surface area contributed by atoms with Gasteiger partial charge in [0.05, 0.1) is 0 Å². The van der Waals surface area contributed by atoms with Gasteiger partial charge in [-0.1, -0.05) is 60.7 Å². The van der Waals surface area contributed by atoms with Gasteiger partial charge in [-0.05, 0) is 97.9 Å². The minimum Gasteiger partial charge on any atom is -0.472 e. The van der Waals surface area contributed by atoms with Gasteiger partial charge in [-0.3, -0.25) is 0 Å². The van der Waals surface area contributed by atoms with Crippen LogP contribution in [0.4, 0.5) is 11.4 Å². The molecule has 3 aliphatic rings. The number of hydrogen-bond donors (Lipinski definition) is 0. The molecule has 0 N–H and O–H groups in total. The molecule has 0 saturated heterocycles. The summed E-state index contributed by atoms with van der Waals surface area (Å²) in [5.41, 5.74) is 10.6. The van der Waals surface area contributed by atoms with Crippen LogP contribution in [-0.2, 0) is 13.1 Å². The number of aryl methyl sites for hydroxylation is 2. The van der Waals surface area contributed by atoms with E-state index in [4.69, 9.17) is 9.47 Å². The first-order valence-corrected chi connectivity index (χ1v) is 14.7. The highest BCUT2D eigenvalue weighted by Crippen LogP contribution is 2.44. The molecule has 1 aliphatic carbocycles. The summed E-state index contributed by atoms with van der Waals surface area (Å²) in [6.07, 6.45) is 4.92. The molecule has 4 nitrogen and oxygen atoms in total.